The molecule has 1 heterocycles. The second-order valence-corrected chi connectivity index (χ2v) is 3.64. The van der Waals surface area contributed by atoms with Gasteiger partial charge in [0.05, 0.1) is 11.5 Å². The first-order valence-corrected chi connectivity index (χ1v) is 5.23. The Balaban J connectivity index is 2.54. The smallest absolute Gasteiger partial charge is 0.322 e. The highest BCUT2D eigenvalue weighted by molar-refractivity contribution is 5.84. The van der Waals surface area contributed by atoms with Gasteiger partial charge in [0.15, 0.2) is 0 Å². The first kappa shape index (κ1) is 14.4. The van der Waals surface area contributed by atoms with Crippen LogP contribution >= 0.6 is 0 Å². The highest BCUT2D eigenvalue weighted by Gasteiger charge is 2.11. The molecule has 3 N–H and O–H groups in total. The number of anilines is 1. The van der Waals surface area contributed by atoms with Gasteiger partial charge in [0.1, 0.15) is 18.6 Å². The Morgan fingerprint density at radius 3 is 2.68 bits per heavy atom. The predicted molar refractivity (Wildman–Crippen MR) is 64.8 cm³/mol. The Morgan fingerprint density at radius 2 is 2.16 bits per heavy atom. The zero-order valence-electron chi connectivity index (χ0n) is 10.0. The normalized spacial score (nSPS) is 9.74. The molecule has 0 aromatic carbocycles. The van der Waals surface area contributed by atoms with Gasteiger partial charge >= 0.3 is 5.97 Å². The summed E-state index contributed by atoms with van der Waals surface area (Å²) in [5.74, 6) is -1.36. The molecule has 1 aromatic rings. The summed E-state index contributed by atoms with van der Waals surface area (Å²) in [5, 5.41) is 23.7. The van der Waals surface area contributed by atoms with E-state index in [1.165, 1.54) is 6.07 Å². The maximum atomic E-state index is 11.2. The topological polar surface area (TPSA) is 134 Å². The van der Waals surface area contributed by atoms with E-state index in [2.05, 4.69) is 15.6 Å². The summed E-state index contributed by atoms with van der Waals surface area (Å²) < 4.78 is 0. The van der Waals surface area contributed by atoms with Gasteiger partial charge in [-0.3, -0.25) is 19.7 Å². The van der Waals surface area contributed by atoms with Crippen LogP contribution in [0.25, 0.3) is 0 Å². The lowest BCUT2D eigenvalue weighted by atomic mass is 10.2. The number of hydrogen-bond donors (Lipinski definition) is 3. The number of nitrogens with one attached hydrogen (secondary N) is 2. The molecule has 0 unspecified atom stereocenters. The fourth-order valence-corrected chi connectivity index (χ4v) is 1.24. The molecule has 19 heavy (non-hydrogen) atoms. The summed E-state index contributed by atoms with van der Waals surface area (Å²) >= 11 is 0. The average molecular weight is 268 g/mol. The van der Waals surface area contributed by atoms with E-state index in [4.69, 9.17) is 5.11 Å². The molecule has 0 atom stereocenters. The van der Waals surface area contributed by atoms with Crippen molar-refractivity contribution >= 4 is 23.4 Å². The molecule has 9 nitrogen and oxygen atoms in total. The molecule has 0 aliphatic carbocycles. The second kappa shape index (κ2) is 6.28. The van der Waals surface area contributed by atoms with Crippen LogP contribution in [0, 0.1) is 17.0 Å². The Kier molecular flexibility index (Phi) is 4.75. The fraction of sp³-hybridized carbons (Fsp3) is 0.300. The number of carbonyl (C=O) groups excluding carboxylic acids is 1. The summed E-state index contributed by atoms with van der Waals surface area (Å²) in [5.41, 5.74) is 0.300. The summed E-state index contributed by atoms with van der Waals surface area (Å²) in [6.45, 7) is 0.917. The number of nitrogens with zero attached hydrogens (tertiary/aromatic N) is 2. The predicted octanol–water partition coefficient (Wildman–Crippen LogP) is -0.0891. The fourth-order valence-electron chi connectivity index (χ4n) is 1.24. The molecule has 0 saturated carbocycles. The van der Waals surface area contributed by atoms with Crippen molar-refractivity contribution in [1.29, 1.82) is 0 Å². The number of aryl methyl sites for hydroxylation is 1. The van der Waals surface area contributed by atoms with Crippen molar-refractivity contribution in [1.82, 2.24) is 10.3 Å². The van der Waals surface area contributed by atoms with E-state index < -0.39 is 23.3 Å². The molecular weight excluding hydrogens is 256 g/mol. The van der Waals surface area contributed by atoms with E-state index >= 15 is 0 Å². The van der Waals surface area contributed by atoms with E-state index in [1.54, 1.807) is 6.92 Å². The van der Waals surface area contributed by atoms with Gasteiger partial charge in [-0.2, -0.15) is 0 Å². The molecule has 102 valence electrons. The number of aromatic nitrogens is 1. The molecule has 1 amide bonds. The average Bonchev–Trinajstić information content (AvgIpc) is 2.33. The van der Waals surface area contributed by atoms with Crippen molar-refractivity contribution in [2.75, 3.05) is 18.4 Å². The molecule has 9 heteroatoms. The first-order valence-electron chi connectivity index (χ1n) is 5.23. The lowest BCUT2D eigenvalue weighted by molar-refractivity contribution is -0.385. The minimum Gasteiger partial charge on any atom is -0.480 e. The van der Waals surface area contributed by atoms with Gasteiger partial charge in [0.2, 0.25) is 5.91 Å². The van der Waals surface area contributed by atoms with Crippen LogP contribution < -0.4 is 10.6 Å². The molecule has 1 aromatic heterocycles. The van der Waals surface area contributed by atoms with Crippen molar-refractivity contribution < 1.29 is 19.6 Å². The second-order valence-electron chi connectivity index (χ2n) is 3.64. The number of carboxylic acids is 1. The molecule has 0 bridgehead atoms. The lowest BCUT2D eigenvalue weighted by Gasteiger charge is -2.06. The van der Waals surface area contributed by atoms with Crippen molar-refractivity contribution in [3.05, 3.63) is 27.9 Å². The number of nitro groups is 1. The van der Waals surface area contributed by atoms with Crippen LogP contribution in [0.5, 0.6) is 0 Å². The van der Waals surface area contributed by atoms with Gasteiger partial charge in [-0.1, -0.05) is 0 Å². The molecule has 0 saturated heterocycles. The number of pyridine rings is 1. The van der Waals surface area contributed by atoms with Gasteiger partial charge in [0, 0.05) is 5.56 Å². The van der Waals surface area contributed by atoms with E-state index in [1.807, 2.05) is 0 Å². The molecule has 0 aliphatic rings. The molecular formula is C10H12N4O5. The first-order chi connectivity index (χ1) is 8.90. The van der Waals surface area contributed by atoms with Gasteiger partial charge in [-0.15, -0.1) is 0 Å². The lowest BCUT2D eigenvalue weighted by Crippen LogP contribution is -2.33. The maximum absolute atomic E-state index is 11.2. The maximum Gasteiger partial charge on any atom is 0.322 e. The summed E-state index contributed by atoms with van der Waals surface area (Å²) in [4.78, 5) is 35.2. The SMILES string of the molecule is Cc1cc(NCC(=O)NCC(=O)O)ncc1[N+](=O)[O-]. The number of aliphatic carboxylic acids is 1. The quantitative estimate of drug-likeness (QED) is 0.484. The zero-order valence-corrected chi connectivity index (χ0v) is 10.0. The number of carbonyl (C=O) groups is 2. The van der Waals surface area contributed by atoms with Gasteiger partial charge in [-0.25, -0.2) is 4.98 Å². The van der Waals surface area contributed by atoms with Crippen LogP contribution in [-0.4, -0.2) is 40.0 Å². The van der Waals surface area contributed by atoms with E-state index in [-0.39, 0.29) is 12.2 Å². The molecule has 0 aliphatic heterocycles. The third-order valence-corrected chi connectivity index (χ3v) is 2.15. The van der Waals surface area contributed by atoms with Gasteiger partial charge in [-0.05, 0) is 13.0 Å². The molecule has 0 radical (unpaired) electrons. The van der Waals surface area contributed by atoms with Crippen LogP contribution in [0.15, 0.2) is 12.3 Å². The Morgan fingerprint density at radius 1 is 1.47 bits per heavy atom. The van der Waals surface area contributed by atoms with Crippen LogP contribution in [-0.2, 0) is 9.59 Å². The van der Waals surface area contributed by atoms with Crippen LogP contribution in [0.1, 0.15) is 5.56 Å². The third-order valence-electron chi connectivity index (χ3n) is 2.15. The number of rotatable bonds is 6. The highest BCUT2D eigenvalue weighted by atomic mass is 16.6. The monoisotopic (exact) mass is 268 g/mol. The molecule has 0 spiro atoms. The zero-order chi connectivity index (χ0) is 14.4. The molecule has 0 fully saturated rings. The van der Waals surface area contributed by atoms with Crippen LogP contribution in [0.3, 0.4) is 0 Å². The molecule has 1 rings (SSSR count). The minimum atomic E-state index is -1.14. The van der Waals surface area contributed by atoms with Crippen molar-refractivity contribution in [2.45, 2.75) is 6.92 Å². The Labute approximate surface area is 107 Å². The van der Waals surface area contributed by atoms with Crippen molar-refractivity contribution in [2.24, 2.45) is 0 Å². The van der Waals surface area contributed by atoms with Gasteiger partial charge in [0.25, 0.3) is 5.69 Å². The van der Waals surface area contributed by atoms with Crippen LogP contribution in [0.2, 0.25) is 0 Å². The van der Waals surface area contributed by atoms with Crippen molar-refractivity contribution in [3.63, 3.8) is 0 Å². The summed E-state index contributed by atoms with van der Waals surface area (Å²) in [6, 6.07) is 1.43. The third kappa shape index (κ3) is 4.58. The summed E-state index contributed by atoms with van der Waals surface area (Å²) in [7, 11) is 0. The standard InChI is InChI=1S/C10H12N4O5/c1-6-2-8(11-3-7(6)14(18)19)12-4-9(15)13-5-10(16)17/h2-3H,4-5H2,1H3,(H,11,12)(H,13,15)(H,16,17). The highest BCUT2D eigenvalue weighted by Crippen LogP contribution is 2.18. The number of carboxylic acid groups (broad SMARTS) is 1. The summed E-state index contributed by atoms with van der Waals surface area (Å²) in [6.07, 6.45) is 1.09. The number of hydrogen-bond acceptors (Lipinski definition) is 6. The minimum absolute atomic E-state index is 0.110. The Bertz CT molecular complexity index is 517. The van der Waals surface area contributed by atoms with E-state index in [0.717, 1.165) is 6.20 Å². The Hall–Kier alpha value is -2.71. The van der Waals surface area contributed by atoms with E-state index in [0.29, 0.717) is 11.4 Å². The largest absolute Gasteiger partial charge is 0.480 e. The van der Waals surface area contributed by atoms with Crippen molar-refractivity contribution in [3.8, 4) is 0 Å². The van der Waals surface area contributed by atoms with Gasteiger partial charge < -0.3 is 15.7 Å². The van der Waals surface area contributed by atoms with Crippen LogP contribution in [0.4, 0.5) is 11.5 Å². The number of amides is 1. The van der Waals surface area contributed by atoms with E-state index in [9.17, 15) is 19.7 Å².